The van der Waals surface area contributed by atoms with Gasteiger partial charge < -0.3 is 15.4 Å². The molecule has 5 heteroatoms. The standard InChI is InChI=1S/C14H19FN2OS/c1-17(9-10-5-2-3-8-18-10)12-7-4-6-11(15)13(12)14(16)19/h4,6-7,10H,2-3,5,8-9H2,1H3,(H2,16,19). The molecule has 3 nitrogen and oxygen atoms in total. The summed E-state index contributed by atoms with van der Waals surface area (Å²) < 4.78 is 19.5. The monoisotopic (exact) mass is 282 g/mol. The number of nitrogens with two attached hydrogens (primary N) is 1. The summed E-state index contributed by atoms with van der Waals surface area (Å²) in [5, 5.41) is 0. The topological polar surface area (TPSA) is 38.5 Å². The van der Waals surface area contributed by atoms with Crippen LogP contribution in [0.25, 0.3) is 0 Å². The van der Waals surface area contributed by atoms with Crippen molar-refractivity contribution in [2.24, 2.45) is 5.73 Å². The second-order valence-corrected chi connectivity index (χ2v) is 5.31. The Kier molecular flexibility index (Phi) is 4.71. The first-order valence-electron chi connectivity index (χ1n) is 6.50. The molecule has 1 aliphatic rings. The van der Waals surface area contributed by atoms with Crippen LogP contribution in [-0.4, -0.2) is 31.3 Å². The predicted molar refractivity (Wildman–Crippen MR) is 79.1 cm³/mol. The van der Waals surface area contributed by atoms with E-state index >= 15 is 0 Å². The van der Waals surface area contributed by atoms with Gasteiger partial charge >= 0.3 is 0 Å². The van der Waals surface area contributed by atoms with Gasteiger partial charge in [0.25, 0.3) is 0 Å². The maximum atomic E-state index is 13.8. The van der Waals surface area contributed by atoms with E-state index in [0.29, 0.717) is 5.56 Å². The summed E-state index contributed by atoms with van der Waals surface area (Å²) in [6.45, 7) is 1.53. The summed E-state index contributed by atoms with van der Waals surface area (Å²) >= 11 is 4.94. The minimum atomic E-state index is -0.374. The maximum absolute atomic E-state index is 13.8. The molecule has 0 aromatic heterocycles. The summed E-state index contributed by atoms with van der Waals surface area (Å²) in [5.41, 5.74) is 6.66. The highest BCUT2D eigenvalue weighted by atomic mass is 32.1. The molecule has 1 unspecified atom stereocenters. The van der Waals surface area contributed by atoms with E-state index in [1.807, 2.05) is 18.0 Å². The Morgan fingerprint density at radius 1 is 1.53 bits per heavy atom. The Morgan fingerprint density at radius 3 is 2.95 bits per heavy atom. The van der Waals surface area contributed by atoms with Crippen LogP contribution in [0.5, 0.6) is 0 Å². The number of ether oxygens (including phenoxy) is 1. The number of hydrogen-bond acceptors (Lipinski definition) is 3. The Morgan fingerprint density at radius 2 is 2.32 bits per heavy atom. The Balaban J connectivity index is 2.16. The minimum Gasteiger partial charge on any atom is -0.389 e. The van der Waals surface area contributed by atoms with Gasteiger partial charge in [-0.25, -0.2) is 4.39 Å². The van der Waals surface area contributed by atoms with Crippen LogP contribution in [0, 0.1) is 5.82 Å². The molecule has 1 aliphatic heterocycles. The number of anilines is 1. The van der Waals surface area contributed by atoms with Crippen molar-refractivity contribution < 1.29 is 9.13 Å². The molecule has 1 aromatic carbocycles. The molecule has 0 saturated carbocycles. The smallest absolute Gasteiger partial charge is 0.135 e. The summed E-state index contributed by atoms with van der Waals surface area (Å²) in [7, 11) is 1.91. The van der Waals surface area contributed by atoms with Gasteiger partial charge in [0.1, 0.15) is 10.8 Å². The lowest BCUT2D eigenvalue weighted by Gasteiger charge is -2.29. The minimum absolute atomic E-state index is 0.0875. The van der Waals surface area contributed by atoms with Crippen LogP contribution in [0.15, 0.2) is 18.2 Å². The second-order valence-electron chi connectivity index (χ2n) is 4.87. The third-order valence-electron chi connectivity index (χ3n) is 3.40. The molecule has 0 radical (unpaired) electrons. The van der Waals surface area contributed by atoms with Crippen molar-refractivity contribution in [3.05, 3.63) is 29.6 Å². The Hall–Kier alpha value is -1.20. The lowest BCUT2D eigenvalue weighted by atomic mass is 10.1. The molecule has 1 fully saturated rings. The Bertz CT molecular complexity index is 461. The van der Waals surface area contributed by atoms with E-state index in [2.05, 4.69) is 0 Å². The third kappa shape index (κ3) is 3.42. The molecule has 1 saturated heterocycles. The van der Waals surface area contributed by atoms with Crippen molar-refractivity contribution in [2.45, 2.75) is 25.4 Å². The molecule has 0 amide bonds. The normalized spacial score (nSPS) is 19.2. The predicted octanol–water partition coefficient (Wildman–Crippen LogP) is 2.47. The zero-order chi connectivity index (χ0) is 13.8. The highest BCUT2D eigenvalue weighted by Gasteiger charge is 2.19. The van der Waals surface area contributed by atoms with E-state index < -0.39 is 0 Å². The fraction of sp³-hybridized carbons (Fsp3) is 0.500. The average molecular weight is 282 g/mol. The van der Waals surface area contributed by atoms with Crippen molar-refractivity contribution in [3.8, 4) is 0 Å². The number of benzene rings is 1. The molecule has 104 valence electrons. The molecule has 1 atom stereocenters. The molecule has 19 heavy (non-hydrogen) atoms. The zero-order valence-electron chi connectivity index (χ0n) is 11.1. The fourth-order valence-corrected chi connectivity index (χ4v) is 2.63. The van der Waals surface area contributed by atoms with Crippen LogP contribution in [0.4, 0.5) is 10.1 Å². The molecule has 1 aromatic rings. The van der Waals surface area contributed by atoms with Crippen molar-refractivity contribution in [1.29, 1.82) is 0 Å². The number of likely N-dealkylation sites (N-methyl/N-ethyl adjacent to an activating group) is 1. The van der Waals surface area contributed by atoms with E-state index in [9.17, 15) is 4.39 Å². The van der Waals surface area contributed by atoms with Crippen LogP contribution >= 0.6 is 12.2 Å². The molecule has 0 spiro atoms. The molecular formula is C14H19FN2OS. The van der Waals surface area contributed by atoms with Gasteiger partial charge in [-0.15, -0.1) is 0 Å². The molecule has 1 heterocycles. The van der Waals surface area contributed by atoms with Crippen LogP contribution < -0.4 is 10.6 Å². The first kappa shape index (κ1) is 14.2. The van der Waals surface area contributed by atoms with Gasteiger partial charge in [-0.2, -0.15) is 0 Å². The van der Waals surface area contributed by atoms with Crippen LogP contribution in [0.3, 0.4) is 0 Å². The lowest BCUT2D eigenvalue weighted by Crippen LogP contribution is -2.34. The molecule has 0 bridgehead atoms. The largest absolute Gasteiger partial charge is 0.389 e. The van der Waals surface area contributed by atoms with E-state index in [4.69, 9.17) is 22.7 Å². The van der Waals surface area contributed by atoms with E-state index in [1.165, 1.54) is 12.5 Å². The van der Waals surface area contributed by atoms with Gasteiger partial charge in [0.2, 0.25) is 0 Å². The van der Waals surface area contributed by atoms with Gasteiger partial charge in [-0.3, -0.25) is 0 Å². The summed E-state index contributed by atoms with van der Waals surface area (Å²) in [4.78, 5) is 2.05. The SMILES string of the molecule is CN(CC1CCCCO1)c1cccc(F)c1C(N)=S. The number of hydrogen-bond donors (Lipinski definition) is 1. The van der Waals surface area contributed by atoms with E-state index in [-0.39, 0.29) is 16.9 Å². The number of rotatable bonds is 4. The highest BCUT2D eigenvalue weighted by molar-refractivity contribution is 7.80. The first-order chi connectivity index (χ1) is 9.09. The van der Waals surface area contributed by atoms with Gasteiger partial charge in [0, 0.05) is 25.9 Å². The zero-order valence-corrected chi connectivity index (χ0v) is 11.9. The average Bonchev–Trinajstić information content (AvgIpc) is 2.39. The fourth-order valence-electron chi connectivity index (χ4n) is 2.43. The second kappa shape index (κ2) is 6.30. The Labute approximate surface area is 118 Å². The van der Waals surface area contributed by atoms with Gasteiger partial charge in [-0.05, 0) is 31.4 Å². The van der Waals surface area contributed by atoms with E-state index in [0.717, 1.165) is 31.7 Å². The van der Waals surface area contributed by atoms with Crippen LogP contribution in [0.2, 0.25) is 0 Å². The molecule has 0 aliphatic carbocycles. The van der Waals surface area contributed by atoms with Gasteiger partial charge in [0.05, 0.1) is 11.7 Å². The van der Waals surface area contributed by atoms with Crippen molar-refractivity contribution in [3.63, 3.8) is 0 Å². The summed E-state index contributed by atoms with van der Waals surface area (Å²) in [6.07, 6.45) is 3.55. The lowest BCUT2D eigenvalue weighted by molar-refractivity contribution is 0.0216. The van der Waals surface area contributed by atoms with Crippen LogP contribution in [-0.2, 0) is 4.74 Å². The van der Waals surface area contributed by atoms with Crippen molar-refractivity contribution in [2.75, 3.05) is 25.1 Å². The highest BCUT2D eigenvalue weighted by Crippen LogP contribution is 2.24. The maximum Gasteiger partial charge on any atom is 0.135 e. The summed E-state index contributed by atoms with van der Waals surface area (Å²) in [6, 6.07) is 4.88. The first-order valence-corrected chi connectivity index (χ1v) is 6.91. The van der Waals surface area contributed by atoms with E-state index in [1.54, 1.807) is 6.07 Å². The van der Waals surface area contributed by atoms with Gasteiger partial charge in [0.15, 0.2) is 0 Å². The van der Waals surface area contributed by atoms with Crippen molar-refractivity contribution >= 4 is 22.9 Å². The molecule has 2 N–H and O–H groups in total. The number of halogens is 1. The quantitative estimate of drug-likeness (QED) is 0.861. The summed E-state index contributed by atoms with van der Waals surface area (Å²) in [5.74, 6) is -0.374. The van der Waals surface area contributed by atoms with Crippen molar-refractivity contribution in [1.82, 2.24) is 0 Å². The third-order valence-corrected chi connectivity index (χ3v) is 3.60. The molecular weight excluding hydrogens is 263 g/mol. The van der Waals surface area contributed by atoms with Gasteiger partial charge in [-0.1, -0.05) is 18.3 Å². The number of thiocarbonyl (C=S) groups is 1. The molecule has 2 rings (SSSR count). The van der Waals surface area contributed by atoms with Crippen LogP contribution in [0.1, 0.15) is 24.8 Å². The number of nitrogens with zero attached hydrogens (tertiary/aromatic N) is 1.